The van der Waals surface area contributed by atoms with E-state index in [0.717, 1.165) is 19.1 Å². The maximum Gasteiger partial charge on any atom is 0.153 e. The number of carbonyl (C=O) groups is 1. The number of unbranched alkanes of at least 4 members (excludes halogenated alkanes) is 1. The molecular formula is C14H20O2. The fraction of sp³-hybridized carbons (Fsp3) is 0.500. The molecule has 0 aliphatic heterocycles. The van der Waals surface area contributed by atoms with E-state index in [1.165, 1.54) is 5.56 Å². The Hall–Kier alpha value is -1.31. The Kier molecular flexibility index (Phi) is 5.03. The highest BCUT2D eigenvalue weighted by Crippen LogP contribution is 2.23. The molecule has 0 bridgehead atoms. The van der Waals surface area contributed by atoms with Gasteiger partial charge in [-0.15, -0.1) is 0 Å². The third-order valence-electron chi connectivity index (χ3n) is 2.58. The lowest BCUT2D eigenvalue weighted by atomic mass is 10.0. The number of hydrogen-bond donors (Lipinski definition) is 0. The summed E-state index contributed by atoms with van der Waals surface area (Å²) in [4.78, 5) is 11.0. The quantitative estimate of drug-likeness (QED) is 0.538. The average molecular weight is 220 g/mol. The Labute approximate surface area is 97.6 Å². The lowest BCUT2D eigenvalue weighted by Crippen LogP contribution is -2.00. The second-order valence-corrected chi connectivity index (χ2v) is 4.27. The molecule has 0 saturated heterocycles. The minimum absolute atomic E-state index is 0.434. The van der Waals surface area contributed by atoms with Crippen molar-refractivity contribution >= 4 is 6.29 Å². The van der Waals surface area contributed by atoms with Gasteiger partial charge in [0, 0.05) is 0 Å². The fourth-order valence-corrected chi connectivity index (χ4v) is 1.48. The van der Waals surface area contributed by atoms with E-state index >= 15 is 0 Å². The van der Waals surface area contributed by atoms with Crippen LogP contribution in [0.4, 0.5) is 0 Å². The first-order valence-electron chi connectivity index (χ1n) is 5.91. The molecule has 2 heteroatoms. The van der Waals surface area contributed by atoms with Gasteiger partial charge in [0.1, 0.15) is 5.75 Å². The maximum atomic E-state index is 11.0. The molecule has 0 saturated carbocycles. The molecule has 0 fully saturated rings. The van der Waals surface area contributed by atoms with Crippen LogP contribution in [-0.4, -0.2) is 12.9 Å². The first-order valence-corrected chi connectivity index (χ1v) is 5.91. The Morgan fingerprint density at radius 2 is 2.12 bits per heavy atom. The van der Waals surface area contributed by atoms with Crippen LogP contribution in [0.5, 0.6) is 5.75 Å². The smallest absolute Gasteiger partial charge is 0.153 e. The Morgan fingerprint density at radius 3 is 2.69 bits per heavy atom. The number of benzene rings is 1. The maximum absolute atomic E-state index is 11.0. The molecule has 2 nitrogen and oxygen atoms in total. The minimum Gasteiger partial charge on any atom is -0.493 e. The van der Waals surface area contributed by atoms with Crippen molar-refractivity contribution in [2.24, 2.45) is 0 Å². The summed E-state index contributed by atoms with van der Waals surface area (Å²) in [6.07, 6.45) is 2.98. The summed E-state index contributed by atoms with van der Waals surface area (Å²) >= 11 is 0. The highest BCUT2D eigenvalue weighted by Gasteiger charge is 2.06. The molecular weight excluding hydrogens is 200 g/mol. The predicted molar refractivity (Wildman–Crippen MR) is 66.3 cm³/mol. The van der Waals surface area contributed by atoms with Crippen molar-refractivity contribution in [1.82, 2.24) is 0 Å². The van der Waals surface area contributed by atoms with Gasteiger partial charge in [0.05, 0.1) is 12.2 Å². The van der Waals surface area contributed by atoms with Gasteiger partial charge in [-0.2, -0.15) is 0 Å². The summed E-state index contributed by atoms with van der Waals surface area (Å²) in [6.45, 7) is 7.02. The molecule has 1 rings (SSSR count). The van der Waals surface area contributed by atoms with E-state index in [1.54, 1.807) is 0 Å². The summed E-state index contributed by atoms with van der Waals surface area (Å²) in [5.41, 5.74) is 1.83. The molecule has 0 spiro atoms. The number of aldehydes is 1. The standard InChI is InChI=1S/C14H20O2/c1-4-5-8-16-14-7-6-12(11(2)3)9-13(14)10-15/h6-7,9-11H,4-5,8H2,1-3H3. The average Bonchev–Trinajstić information content (AvgIpc) is 2.29. The third kappa shape index (κ3) is 3.37. The van der Waals surface area contributed by atoms with Crippen molar-refractivity contribution in [2.45, 2.75) is 39.5 Å². The molecule has 0 aliphatic rings. The van der Waals surface area contributed by atoms with Gasteiger partial charge in [0.15, 0.2) is 6.29 Å². The van der Waals surface area contributed by atoms with Gasteiger partial charge in [0.25, 0.3) is 0 Å². The van der Waals surface area contributed by atoms with Crippen LogP contribution in [0.25, 0.3) is 0 Å². The van der Waals surface area contributed by atoms with E-state index < -0.39 is 0 Å². The highest BCUT2D eigenvalue weighted by atomic mass is 16.5. The zero-order valence-corrected chi connectivity index (χ0v) is 10.3. The molecule has 0 N–H and O–H groups in total. The van der Waals surface area contributed by atoms with Gasteiger partial charge in [-0.05, 0) is 30.0 Å². The van der Waals surface area contributed by atoms with E-state index in [1.807, 2.05) is 18.2 Å². The molecule has 0 amide bonds. The Bertz CT molecular complexity index is 343. The normalized spacial score (nSPS) is 10.5. The van der Waals surface area contributed by atoms with Gasteiger partial charge < -0.3 is 4.74 Å². The minimum atomic E-state index is 0.434. The lowest BCUT2D eigenvalue weighted by Gasteiger charge is -2.11. The van der Waals surface area contributed by atoms with Crippen LogP contribution in [0.1, 0.15) is 55.5 Å². The second-order valence-electron chi connectivity index (χ2n) is 4.27. The molecule has 0 heterocycles. The zero-order valence-electron chi connectivity index (χ0n) is 10.3. The molecule has 1 aromatic carbocycles. The van der Waals surface area contributed by atoms with Crippen LogP contribution in [0.2, 0.25) is 0 Å². The topological polar surface area (TPSA) is 26.3 Å². The molecule has 88 valence electrons. The van der Waals surface area contributed by atoms with Crippen molar-refractivity contribution in [3.05, 3.63) is 29.3 Å². The van der Waals surface area contributed by atoms with Crippen LogP contribution in [-0.2, 0) is 0 Å². The van der Waals surface area contributed by atoms with Gasteiger partial charge in [0.2, 0.25) is 0 Å². The van der Waals surface area contributed by atoms with E-state index in [-0.39, 0.29) is 0 Å². The Morgan fingerprint density at radius 1 is 1.38 bits per heavy atom. The monoisotopic (exact) mass is 220 g/mol. The van der Waals surface area contributed by atoms with Gasteiger partial charge in [-0.25, -0.2) is 0 Å². The molecule has 0 unspecified atom stereocenters. The summed E-state index contributed by atoms with van der Waals surface area (Å²) in [6, 6.07) is 5.84. The van der Waals surface area contributed by atoms with Gasteiger partial charge in [-0.3, -0.25) is 4.79 Å². The van der Waals surface area contributed by atoms with Crippen LogP contribution in [0, 0.1) is 0 Å². The summed E-state index contributed by atoms with van der Waals surface area (Å²) in [5, 5.41) is 0. The molecule has 0 aromatic heterocycles. The predicted octanol–water partition coefficient (Wildman–Crippen LogP) is 3.80. The van der Waals surface area contributed by atoms with Crippen LogP contribution in [0.15, 0.2) is 18.2 Å². The Balaban J connectivity index is 2.80. The SMILES string of the molecule is CCCCOc1ccc(C(C)C)cc1C=O. The largest absolute Gasteiger partial charge is 0.493 e. The third-order valence-corrected chi connectivity index (χ3v) is 2.58. The number of rotatable bonds is 6. The highest BCUT2D eigenvalue weighted by molar-refractivity contribution is 5.79. The van der Waals surface area contributed by atoms with Gasteiger partial charge >= 0.3 is 0 Å². The molecule has 1 aromatic rings. The van der Waals surface area contributed by atoms with Crippen LogP contribution in [0.3, 0.4) is 0 Å². The van der Waals surface area contributed by atoms with Crippen LogP contribution >= 0.6 is 0 Å². The number of carbonyl (C=O) groups excluding carboxylic acids is 1. The number of ether oxygens (including phenoxy) is 1. The summed E-state index contributed by atoms with van der Waals surface area (Å²) in [7, 11) is 0. The van der Waals surface area contributed by atoms with Gasteiger partial charge in [-0.1, -0.05) is 33.3 Å². The fourth-order valence-electron chi connectivity index (χ4n) is 1.48. The molecule has 0 radical (unpaired) electrons. The van der Waals surface area contributed by atoms with Crippen molar-refractivity contribution in [2.75, 3.05) is 6.61 Å². The zero-order chi connectivity index (χ0) is 12.0. The van der Waals surface area contributed by atoms with Crippen molar-refractivity contribution in [1.29, 1.82) is 0 Å². The van der Waals surface area contributed by atoms with Crippen molar-refractivity contribution in [3.63, 3.8) is 0 Å². The van der Waals surface area contributed by atoms with E-state index in [0.29, 0.717) is 23.8 Å². The second kappa shape index (κ2) is 6.31. The van der Waals surface area contributed by atoms with Crippen LogP contribution < -0.4 is 4.74 Å². The molecule has 0 atom stereocenters. The molecule has 16 heavy (non-hydrogen) atoms. The van der Waals surface area contributed by atoms with Crippen molar-refractivity contribution < 1.29 is 9.53 Å². The van der Waals surface area contributed by atoms with E-state index in [2.05, 4.69) is 20.8 Å². The summed E-state index contributed by atoms with van der Waals surface area (Å²) in [5.74, 6) is 1.14. The first-order chi connectivity index (χ1) is 7.69. The summed E-state index contributed by atoms with van der Waals surface area (Å²) < 4.78 is 5.57. The van der Waals surface area contributed by atoms with Crippen molar-refractivity contribution in [3.8, 4) is 5.75 Å². The first kappa shape index (κ1) is 12.8. The molecule has 0 aliphatic carbocycles. The van der Waals surface area contributed by atoms with E-state index in [9.17, 15) is 4.79 Å². The number of hydrogen-bond acceptors (Lipinski definition) is 2. The van der Waals surface area contributed by atoms with E-state index in [4.69, 9.17) is 4.74 Å². The lowest BCUT2D eigenvalue weighted by molar-refractivity contribution is 0.111.